The van der Waals surface area contributed by atoms with E-state index in [-0.39, 0.29) is 11.9 Å². The lowest BCUT2D eigenvalue weighted by Crippen LogP contribution is -2.30. The first-order valence-corrected chi connectivity index (χ1v) is 8.94. The molecule has 0 saturated carbocycles. The predicted octanol–water partition coefficient (Wildman–Crippen LogP) is 3.10. The van der Waals surface area contributed by atoms with Gasteiger partial charge in [0.25, 0.3) is 0 Å². The molecule has 7 heteroatoms. The summed E-state index contributed by atoms with van der Waals surface area (Å²) in [6, 6.07) is 13.2. The Kier molecular flexibility index (Phi) is 4.58. The highest BCUT2D eigenvalue weighted by Gasteiger charge is 2.36. The maximum Gasteiger partial charge on any atom is 0.250 e. The lowest BCUT2D eigenvalue weighted by atomic mass is 10.1. The third-order valence-corrected chi connectivity index (χ3v) is 4.50. The van der Waals surface area contributed by atoms with Crippen LogP contribution in [0.2, 0.25) is 0 Å². The second-order valence-corrected chi connectivity index (χ2v) is 6.36. The highest BCUT2D eigenvalue weighted by atomic mass is 16.5. The molecular weight excluding hydrogens is 344 g/mol. The van der Waals surface area contributed by atoms with E-state index in [1.165, 1.54) is 0 Å². The Labute approximate surface area is 157 Å². The third-order valence-electron chi connectivity index (χ3n) is 4.50. The SMILES string of the molecule is CCOc1cccc(Cc2noc([C@@H]3Cc4ccccc4N3C(C)=O)n2)n1. The Morgan fingerprint density at radius 3 is 2.89 bits per heavy atom. The average Bonchev–Trinajstić information content (AvgIpc) is 3.26. The van der Waals surface area contributed by atoms with E-state index in [0.717, 1.165) is 16.9 Å². The molecule has 1 aliphatic rings. The summed E-state index contributed by atoms with van der Waals surface area (Å²) in [5.41, 5.74) is 2.80. The zero-order chi connectivity index (χ0) is 18.8. The molecule has 4 rings (SSSR count). The second-order valence-electron chi connectivity index (χ2n) is 6.36. The Balaban J connectivity index is 1.56. The minimum absolute atomic E-state index is 0.0456. The fraction of sp³-hybridized carbons (Fsp3) is 0.300. The molecule has 1 aliphatic heterocycles. The van der Waals surface area contributed by atoms with Gasteiger partial charge in [0.1, 0.15) is 6.04 Å². The van der Waals surface area contributed by atoms with E-state index in [1.54, 1.807) is 11.8 Å². The number of para-hydroxylation sites is 1. The lowest BCUT2D eigenvalue weighted by molar-refractivity contribution is -0.117. The van der Waals surface area contributed by atoms with Crippen LogP contribution in [-0.2, 0) is 17.6 Å². The van der Waals surface area contributed by atoms with Gasteiger partial charge >= 0.3 is 0 Å². The molecule has 0 aliphatic carbocycles. The van der Waals surface area contributed by atoms with Crippen molar-refractivity contribution in [3.63, 3.8) is 0 Å². The van der Waals surface area contributed by atoms with Gasteiger partial charge in [-0.25, -0.2) is 4.98 Å². The normalized spacial score (nSPS) is 15.6. The van der Waals surface area contributed by atoms with Gasteiger partial charge in [0.2, 0.25) is 17.7 Å². The van der Waals surface area contributed by atoms with Crippen LogP contribution in [0.1, 0.15) is 42.9 Å². The largest absolute Gasteiger partial charge is 0.478 e. The molecule has 0 spiro atoms. The fourth-order valence-electron chi connectivity index (χ4n) is 3.39. The summed E-state index contributed by atoms with van der Waals surface area (Å²) in [4.78, 5) is 22.9. The average molecular weight is 364 g/mol. The summed E-state index contributed by atoms with van der Waals surface area (Å²) in [7, 11) is 0. The number of pyridine rings is 1. The number of hydrogen-bond acceptors (Lipinski definition) is 6. The zero-order valence-electron chi connectivity index (χ0n) is 15.3. The predicted molar refractivity (Wildman–Crippen MR) is 98.6 cm³/mol. The molecule has 1 aromatic carbocycles. The van der Waals surface area contributed by atoms with E-state index in [9.17, 15) is 4.79 Å². The van der Waals surface area contributed by atoms with Crippen molar-refractivity contribution in [2.75, 3.05) is 11.5 Å². The van der Waals surface area contributed by atoms with Crippen LogP contribution in [0.4, 0.5) is 5.69 Å². The number of carbonyl (C=O) groups is 1. The van der Waals surface area contributed by atoms with Crippen LogP contribution in [0.25, 0.3) is 0 Å². The first kappa shape index (κ1) is 17.2. The number of amides is 1. The quantitative estimate of drug-likeness (QED) is 0.692. The van der Waals surface area contributed by atoms with Gasteiger partial charge in [-0.3, -0.25) is 9.69 Å². The summed E-state index contributed by atoms with van der Waals surface area (Å²) >= 11 is 0. The molecule has 0 unspecified atom stereocenters. The molecule has 27 heavy (non-hydrogen) atoms. The summed E-state index contributed by atoms with van der Waals surface area (Å²) in [5, 5.41) is 4.08. The van der Waals surface area contributed by atoms with Gasteiger partial charge in [-0.1, -0.05) is 29.4 Å². The van der Waals surface area contributed by atoms with Gasteiger partial charge in [0.15, 0.2) is 5.82 Å². The van der Waals surface area contributed by atoms with Gasteiger partial charge in [-0.05, 0) is 24.6 Å². The van der Waals surface area contributed by atoms with E-state index < -0.39 is 0 Å². The van der Waals surface area contributed by atoms with E-state index in [4.69, 9.17) is 9.26 Å². The second kappa shape index (κ2) is 7.19. The monoisotopic (exact) mass is 364 g/mol. The summed E-state index contributed by atoms with van der Waals surface area (Å²) in [5.74, 6) is 1.51. The zero-order valence-corrected chi connectivity index (χ0v) is 15.3. The van der Waals surface area contributed by atoms with E-state index in [2.05, 4.69) is 15.1 Å². The van der Waals surface area contributed by atoms with Crippen LogP contribution in [0.15, 0.2) is 47.0 Å². The highest BCUT2D eigenvalue weighted by Crippen LogP contribution is 2.39. The number of fused-ring (bicyclic) bond motifs is 1. The van der Waals surface area contributed by atoms with Crippen LogP contribution >= 0.6 is 0 Å². The van der Waals surface area contributed by atoms with Crippen LogP contribution in [-0.4, -0.2) is 27.6 Å². The topological polar surface area (TPSA) is 81.4 Å². The van der Waals surface area contributed by atoms with Crippen molar-refractivity contribution in [2.24, 2.45) is 0 Å². The van der Waals surface area contributed by atoms with Crippen molar-refractivity contribution in [1.29, 1.82) is 0 Å². The van der Waals surface area contributed by atoms with E-state index in [1.807, 2.05) is 49.4 Å². The van der Waals surface area contributed by atoms with Crippen molar-refractivity contribution in [3.05, 3.63) is 65.4 Å². The molecule has 0 saturated heterocycles. The molecule has 0 bridgehead atoms. The molecule has 1 atom stereocenters. The highest BCUT2D eigenvalue weighted by molar-refractivity contribution is 5.94. The molecule has 0 N–H and O–H groups in total. The number of rotatable bonds is 5. The number of nitrogens with zero attached hydrogens (tertiary/aromatic N) is 4. The summed E-state index contributed by atoms with van der Waals surface area (Å²) in [6.07, 6.45) is 1.10. The molecule has 3 heterocycles. The maximum absolute atomic E-state index is 12.2. The number of aromatic nitrogens is 3. The van der Waals surface area contributed by atoms with Gasteiger partial charge in [-0.15, -0.1) is 0 Å². The van der Waals surface area contributed by atoms with Crippen molar-refractivity contribution in [1.82, 2.24) is 15.1 Å². The molecule has 7 nitrogen and oxygen atoms in total. The molecule has 1 amide bonds. The third kappa shape index (κ3) is 3.40. The molecular formula is C20H20N4O3. The first-order valence-electron chi connectivity index (χ1n) is 8.94. The summed E-state index contributed by atoms with van der Waals surface area (Å²) < 4.78 is 10.9. The van der Waals surface area contributed by atoms with Gasteiger partial charge < -0.3 is 9.26 Å². The van der Waals surface area contributed by atoms with Crippen molar-refractivity contribution in [3.8, 4) is 5.88 Å². The van der Waals surface area contributed by atoms with Crippen LogP contribution in [0.5, 0.6) is 5.88 Å². The minimum atomic E-state index is -0.274. The van der Waals surface area contributed by atoms with Crippen molar-refractivity contribution >= 4 is 11.6 Å². The van der Waals surface area contributed by atoms with Gasteiger partial charge in [0, 0.05) is 25.1 Å². The fourth-order valence-corrected chi connectivity index (χ4v) is 3.39. The number of benzene rings is 1. The Hall–Kier alpha value is -3.22. The van der Waals surface area contributed by atoms with E-state index in [0.29, 0.717) is 37.0 Å². The Morgan fingerprint density at radius 1 is 1.22 bits per heavy atom. The minimum Gasteiger partial charge on any atom is -0.478 e. The smallest absolute Gasteiger partial charge is 0.250 e. The van der Waals surface area contributed by atoms with Crippen molar-refractivity contribution in [2.45, 2.75) is 32.7 Å². The van der Waals surface area contributed by atoms with Crippen molar-refractivity contribution < 1.29 is 14.1 Å². The van der Waals surface area contributed by atoms with Gasteiger partial charge in [0.05, 0.1) is 18.7 Å². The number of hydrogen-bond donors (Lipinski definition) is 0. The number of ether oxygens (including phenoxy) is 1. The summed E-state index contributed by atoms with van der Waals surface area (Å²) in [6.45, 7) is 4.03. The van der Waals surface area contributed by atoms with Crippen LogP contribution in [0.3, 0.4) is 0 Å². The molecule has 138 valence electrons. The van der Waals surface area contributed by atoms with Crippen LogP contribution < -0.4 is 9.64 Å². The molecule has 0 radical (unpaired) electrons. The molecule has 0 fully saturated rings. The van der Waals surface area contributed by atoms with Crippen LogP contribution in [0, 0.1) is 0 Å². The molecule has 3 aromatic rings. The first-order chi connectivity index (χ1) is 13.2. The Morgan fingerprint density at radius 2 is 2.07 bits per heavy atom. The van der Waals surface area contributed by atoms with E-state index >= 15 is 0 Å². The molecule has 2 aromatic heterocycles. The van der Waals surface area contributed by atoms with Gasteiger partial charge in [-0.2, -0.15) is 4.98 Å². The lowest BCUT2D eigenvalue weighted by Gasteiger charge is -2.21. The maximum atomic E-state index is 12.2. The Bertz CT molecular complexity index is 969. The number of anilines is 1. The standard InChI is InChI=1S/C20H20N4O3/c1-3-26-19-10-6-8-15(21-19)12-18-22-20(27-23-18)17-11-14-7-4-5-9-16(14)24(17)13(2)25/h4-10,17H,3,11-12H2,1-2H3/t17-/m0/s1. The number of carbonyl (C=O) groups excluding carboxylic acids is 1.